The van der Waals surface area contributed by atoms with Gasteiger partial charge in [-0.1, -0.05) is 48.6 Å². The number of benzene rings is 2. The van der Waals surface area contributed by atoms with Crippen molar-refractivity contribution in [2.24, 2.45) is 0 Å². The van der Waals surface area contributed by atoms with E-state index in [1.54, 1.807) is 30.3 Å². The number of carbonyl (C=O) groups excluding carboxylic acids is 2. The topological polar surface area (TPSA) is 69.6 Å². The zero-order valence-electron chi connectivity index (χ0n) is 17.4. The highest BCUT2D eigenvalue weighted by atomic mass is 32.2. The number of anilines is 1. The Morgan fingerprint density at radius 1 is 1.12 bits per heavy atom. The number of thioether (sulfide) groups is 1. The number of rotatable bonds is 8. The zero-order valence-corrected chi connectivity index (χ0v) is 19.0. The van der Waals surface area contributed by atoms with Crippen LogP contribution in [0.15, 0.2) is 53.4 Å². The molecule has 2 amide bonds. The molecule has 10 heteroatoms. The molecule has 0 spiro atoms. The molecular formula is C23H21F3N2O3S2. The van der Waals surface area contributed by atoms with Gasteiger partial charge in [-0.15, -0.1) is 0 Å². The Kier molecular flexibility index (Phi) is 8.15. The summed E-state index contributed by atoms with van der Waals surface area (Å²) in [6.07, 6.45) is -0.826. The maximum atomic E-state index is 12.8. The van der Waals surface area contributed by atoms with E-state index in [0.717, 1.165) is 12.1 Å². The number of alkyl halides is 3. The minimum atomic E-state index is -4.47. The number of halogens is 3. The van der Waals surface area contributed by atoms with E-state index < -0.39 is 11.7 Å². The normalized spacial score (nSPS) is 15.4. The summed E-state index contributed by atoms with van der Waals surface area (Å²) < 4.78 is 38.7. The van der Waals surface area contributed by atoms with Gasteiger partial charge in [0.25, 0.3) is 5.91 Å². The van der Waals surface area contributed by atoms with E-state index in [0.29, 0.717) is 40.6 Å². The van der Waals surface area contributed by atoms with E-state index in [1.165, 1.54) is 28.8 Å². The fourth-order valence-corrected chi connectivity index (χ4v) is 4.50. The molecule has 3 rings (SSSR count). The monoisotopic (exact) mass is 494 g/mol. The highest BCUT2D eigenvalue weighted by molar-refractivity contribution is 8.26. The van der Waals surface area contributed by atoms with Crippen molar-refractivity contribution in [3.05, 3.63) is 64.6 Å². The summed E-state index contributed by atoms with van der Waals surface area (Å²) in [6.45, 7) is 0.414. The summed E-state index contributed by atoms with van der Waals surface area (Å²) in [4.78, 5) is 26.6. The van der Waals surface area contributed by atoms with E-state index >= 15 is 0 Å². The molecule has 2 aromatic rings. The number of unbranched alkanes of at least 4 members (excludes halogenated alkanes) is 2. The number of hydrogen-bond donors (Lipinski definition) is 2. The third-order valence-corrected chi connectivity index (χ3v) is 6.18. The van der Waals surface area contributed by atoms with Gasteiger partial charge in [0.05, 0.1) is 10.5 Å². The van der Waals surface area contributed by atoms with Gasteiger partial charge in [-0.2, -0.15) is 13.2 Å². The first-order valence-corrected chi connectivity index (χ1v) is 11.4. The van der Waals surface area contributed by atoms with E-state index in [4.69, 9.17) is 12.2 Å². The minimum Gasteiger partial charge on any atom is -0.508 e. The molecule has 2 aromatic carbocycles. The largest absolute Gasteiger partial charge is 0.508 e. The van der Waals surface area contributed by atoms with Crippen LogP contribution in [-0.4, -0.2) is 32.7 Å². The Morgan fingerprint density at radius 2 is 1.88 bits per heavy atom. The van der Waals surface area contributed by atoms with Crippen LogP contribution in [0.4, 0.5) is 18.9 Å². The number of aromatic hydroxyl groups is 1. The maximum Gasteiger partial charge on any atom is 0.416 e. The van der Waals surface area contributed by atoms with Gasteiger partial charge >= 0.3 is 6.18 Å². The van der Waals surface area contributed by atoms with Gasteiger partial charge in [0.2, 0.25) is 5.91 Å². The first-order chi connectivity index (χ1) is 15.6. The lowest BCUT2D eigenvalue weighted by atomic mass is 10.1. The first-order valence-electron chi connectivity index (χ1n) is 10.1. The van der Waals surface area contributed by atoms with Gasteiger partial charge < -0.3 is 10.4 Å². The third-order valence-electron chi connectivity index (χ3n) is 4.80. The highest BCUT2D eigenvalue weighted by Crippen LogP contribution is 2.33. The van der Waals surface area contributed by atoms with Crippen LogP contribution >= 0.6 is 24.0 Å². The molecule has 2 N–H and O–H groups in total. The molecule has 0 radical (unpaired) electrons. The van der Waals surface area contributed by atoms with Gasteiger partial charge in [-0.3, -0.25) is 14.5 Å². The van der Waals surface area contributed by atoms with E-state index in [2.05, 4.69) is 5.32 Å². The molecule has 174 valence electrons. The van der Waals surface area contributed by atoms with Gasteiger partial charge in [0.15, 0.2) is 0 Å². The van der Waals surface area contributed by atoms with Crippen LogP contribution in [0.1, 0.15) is 36.8 Å². The standard InChI is InChI=1S/C23H21F3N2O3S2/c24-23(25,26)16-7-5-8-17(14-16)27-20(30)10-2-1-3-11-28-21(31)19(33-22(28)32)13-15-6-4-9-18(29)12-15/h4-9,12-14,29H,1-3,10-11H2,(H,27,30)/b19-13-. The van der Waals surface area contributed by atoms with Crippen molar-refractivity contribution in [1.82, 2.24) is 4.90 Å². The number of phenolic OH excluding ortho intramolecular Hbond substituents is 1. The Labute approximate surface area is 198 Å². The molecule has 5 nitrogen and oxygen atoms in total. The van der Waals surface area contributed by atoms with Crippen molar-refractivity contribution < 1.29 is 27.9 Å². The van der Waals surface area contributed by atoms with Crippen molar-refractivity contribution in [3.63, 3.8) is 0 Å². The second kappa shape index (κ2) is 10.8. The molecule has 0 unspecified atom stereocenters. The maximum absolute atomic E-state index is 12.8. The fraction of sp³-hybridized carbons (Fsp3) is 0.261. The third kappa shape index (κ3) is 7.06. The number of thiocarbonyl (C=S) groups is 1. The average Bonchev–Trinajstić information content (AvgIpc) is 3.00. The molecule has 0 saturated carbocycles. The van der Waals surface area contributed by atoms with Crippen LogP contribution in [0.5, 0.6) is 5.75 Å². The van der Waals surface area contributed by atoms with Crippen molar-refractivity contribution in [2.45, 2.75) is 31.9 Å². The molecule has 0 atom stereocenters. The Bertz CT molecular complexity index is 1090. The number of phenols is 1. The molecule has 0 aliphatic carbocycles. The summed E-state index contributed by atoms with van der Waals surface area (Å²) >= 11 is 6.50. The summed E-state index contributed by atoms with van der Waals surface area (Å²) in [5.74, 6) is -0.457. The van der Waals surface area contributed by atoms with Crippen LogP contribution in [-0.2, 0) is 15.8 Å². The Morgan fingerprint density at radius 3 is 2.61 bits per heavy atom. The molecular weight excluding hydrogens is 473 g/mol. The Balaban J connectivity index is 1.42. The lowest BCUT2D eigenvalue weighted by Crippen LogP contribution is -2.29. The van der Waals surface area contributed by atoms with Crippen LogP contribution in [0.25, 0.3) is 6.08 Å². The number of hydrogen-bond acceptors (Lipinski definition) is 5. The number of carbonyl (C=O) groups is 2. The number of nitrogens with one attached hydrogen (secondary N) is 1. The number of amides is 2. The van der Waals surface area contributed by atoms with Crippen LogP contribution in [0.3, 0.4) is 0 Å². The predicted octanol–water partition coefficient (Wildman–Crippen LogP) is 5.81. The second-order valence-corrected chi connectivity index (χ2v) is 9.04. The zero-order chi connectivity index (χ0) is 24.0. The highest BCUT2D eigenvalue weighted by Gasteiger charge is 2.32. The Hall–Kier alpha value is -2.85. The average molecular weight is 495 g/mol. The van der Waals surface area contributed by atoms with Gasteiger partial charge in [-0.05, 0) is 54.8 Å². The SMILES string of the molecule is O=C(CCCCCN1C(=O)/C(=C/c2cccc(O)c2)SC1=S)Nc1cccc(C(F)(F)F)c1. The molecule has 1 fully saturated rings. The smallest absolute Gasteiger partial charge is 0.416 e. The minimum absolute atomic E-state index is 0.103. The van der Waals surface area contributed by atoms with E-state index in [-0.39, 0.29) is 29.7 Å². The molecule has 33 heavy (non-hydrogen) atoms. The lowest BCUT2D eigenvalue weighted by Gasteiger charge is -2.14. The summed E-state index contributed by atoms with van der Waals surface area (Å²) in [5.41, 5.74) is -0.0184. The molecule has 0 aromatic heterocycles. The van der Waals surface area contributed by atoms with Crippen molar-refractivity contribution in [3.8, 4) is 5.75 Å². The molecule has 1 aliphatic heterocycles. The fourth-order valence-electron chi connectivity index (χ4n) is 3.19. The molecule has 1 aliphatic rings. The van der Waals surface area contributed by atoms with Gasteiger partial charge in [0, 0.05) is 18.7 Å². The van der Waals surface area contributed by atoms with Crippen molar-refractivity contribution in [1.29, 1.82) is 0 Å². The second-order valence-electron chi connectivity index (χ2n) is 7.37. The first kappa shape index (κ1) is 24.8. The predicted molar refractivity (Wildman–Crippen MR) is 127 cm³/mol. The molecule has 1 saturated heterocycles. The van der Waals surface area contributed by atoms with Crippen LogP contribution < -0.4 is 5.32 Å². The quantitative estimate of drug-likeness (QED) is 0.275. The van der Waals surface area contributed by atoms with Gasteiger partial charge in [-0.25, -0.2) is 0 Å². The van der Waals surface area contributed by atoms with Crippen LogP contribution in [0, 0.1) is 0 Å². The van der Waals surface area contributed by atoms with E-state index in [9.17, 15) is 27.9 Å². The van der Waals surface area contributed by atoms with Crippen molar-refractivity contribution in [2.75, 3.05) is 11.9 Å². The lowest BCUT2D eigenvalue weighted by molar-refractivity contribution is -0.137. The summed E-state index contributed by atoms with van der Waals surface area (Å²) in [6, 6.07) is 11.1. The van der Waals surface area contributed by atoms with Gasteiger partial charge in [0.1, 0.15) is 10.1 Å². The van der Waals surface area contributed by atoms with Crippen molar-refractivity contribution >= 4 is 51.9 Å². The molecule has 1 heterocycles. The van der Waals surface area contributed by atoms with Crippen LogP contribution in [0.2, 0.25) is 0 Å². The summed E-state index contributed by atoms with van der Waals surface area (Å²) in [7, 11) is 0. The number of nitrogens with zero attached hydrogens (tertiary/aromatic N) is 1. The van der Waals surface area contributed by atoms with E-state index in [1.807, 2.05) is 0 Å². The molecule has 0 bridgehead atoms. The summed E-state index contributed by atoms with van der Waals surface area (Å²) in [5, 5.41) is 12.0.